The van der Waals surface area contributed by atoms with E-state index in [-0.39, 0.29) is 5.28 Å². The van der Waals surface area contributed by atoms with Crippen molar-refractivity contribution in [2.45, 2.75) is 10.2 Å². The zero-order valence-corrected chi connectivity index (χ0v) is 12.3. The summed E-state index contributed by atoms with van der Waals surface area (Å²) in [5.41, 5.74) is 1.59. The number of rotatable bonds is 2. The Bertz CT molecular complexity index is 885. The second-order valence-corrected chi connectivity index (χ2v) is 6.16. The van der Waals surface area contributed by atoms with Gasteiger partial charge in [-0.3, -0.25) is 0 Å². The van der Waals surface area contributed by atoms with E-state index in [2.05, 4.69) is 15.0 Å². The van der Waals surface area contributed by atoms with Crippen molar-refractivity contribution in [3.8, 4) is 0 Å². The van der Waals surface area contributed by atoms with Crippen molar-refractivity contribution in [3.63, 3.8) is 0 Å². The minimum absolute atomic E-state index is 0.235. The molecule has 0 aliphatic heterocycles. The third kappa shape index (κ3) is 2.06. The number of hydrogen-bond donors (Lipinski definition) is 0. The molecule has 0 saturated carbocycles. The molecule has 3 aromatic heterocycles. The average molecular weight is 320 g/mol. The Morgan fingerprint density at radius 3 is 2.90 bits per heavy atom. The molecule has 0 atom stereocenters. The highest BCUT2D eigenvalue weighted by atomic mass is 35.5. The second-order valence-electron chi connectivity index (χ2n) is 3.99. The quantitative estimate of drug-likeness (QED) is 0.398. The normalized spacial score (nSPS) is 11.4. The molecule has 0 saturated heterocycles. The first-order valence-electron chi connectivity index (χ1n) is 5.74. The van der Waals surface area contributed by atoms with Gasteiger partial charge in [0, 0.05) is 5.39 Å². The van der Waals surface area contributed by atoms with Crippen LogP contribution in [0.15, 0.2) is 50.4 Å². The molecule has 0 radical (unpaired) electrons. The summed E-state index contributed by atoms with van der Waals surface area (Å²) in [6.07, 6.45) is 0. The molecule has 0 fully saturated rings. The van der Waals surface area contributed by atoms with Gasteiger partial charge in [-0.2, -0.15) is 0 Å². The molecule has 7 heteroatoms. The Morgan fingerprint density at radius 2 is 2.00 bits per heavy atom. The molecule has 0 aliphatic carbocycles. The van der Waals surface area contributed by atoms with Crippen molar-refractivity contribution < 1.29 is 4.42 Å². The molecule has 4 rings (SSSR count). The van der Waals surface area contributed by atoms with E-state index in [1.807, 2.05) is 35.7 Å². The van der Waals surface area contributed by atoms with Crippen molar-refractivity contribution in [2.75, 3.05) is 0 Å². The van der Waals surface area contributed by atoms with E-state index in [0.717, 1.165) is 26.3 Å². The number of halogens is 1. The van der Waals surface area contributed by atoms with Gasteiger partial charge in [-0.05, 0) is 46.9 Å². The number of aromatic nitrogens is 3. The lowest BCUT2D eigenvalue weighted by Crippen LogP contribution is -1.86. The SMILES string of the molecule is Clc1nc(Sc2nc3ccccc3o2)c2ccsc2n1. The number of para-hydroxylation sites is 2. The van der Waals surface area contributed by atoms with E-state index >= 15 is 0 Å². The maximum atomic E-state index is 5.95. The van der Waals surface area contributed by atoms with Crippen LogP contribution in [0.5, 0.6) is 0 Å². The molecule has 1 aromatic carbocycles. The van der Waals surface area contributed by atoms with Gasteiger partial charge in [-0.1, -0.05) is 12.1 Å². The Morgan fingerprint density at radius 1 is 1.10 bits per heavy atom. The van der Waals surface area contributed by atoms with Crippen molar-refractivity contribution >= 4 is 56.0 Å². The minimum Gasteiger partial charge on any atom is -0.431 e. The predicted octanol–water partition coefficient (Wildman–Crippen LogP) is 4.64. The first kappa shape index (κ1) is 12.1. The zero-order valence-electron chi connectivity index (χ0n) is 9.91. The van der Waals surface area contributed by atoms with Crippen LogP contribution in [0.2, 0.25) is 5.28 Å². The molecule has 3 heterocycles. The number of hydrogen-bond acceptors (Lipinski definition) is 6. The summed E-state index contributed by atoms with van der Waals surface area (Å²) in [6, 6.07) is 9.62. The van der Waals surface area contributed by atoms with E-state index < -0.39 is 0 Å². The Kier molecular flexibility index (Phi) is 2.87. The summed E-state index contributed by atoms with van der Waals surface area (Å²) in [5, 5.41) is 4.47. The zero-order chi connectivity index (χ0) is 13.5. The first-order chi connectivity index (χ1) is 9.79. The van der Waals surface area contributed by atoms with E-state index in [9.17, 15) is 0 Å². The van der Waals surface area contributed by atoms with Crippen LogP contribution in [-0.4, -0.2) is 15.0 Å². The van der Waals surface area contributed by atoms with Crippen LogP contribution in [0, 0.1) is 0 Å². The molecule has 98 valence electrons. The molecule has 0 N–H and O–H groups in total. The van der Waals surface area contributed by atoms with Gasteiger partial charge in [0.25, 0.3) is 5.22 Å². The molecule has 0 unspecified atom stereocenters. The highest BCUT2D eigenvalue weighted by molar-refractivity contribution is 7.99. The van der Waals surface area contributed by atoms with Crippen LogP contribution in [0.1, 0.15) is 0 Å². The molecule has 4 aromatic rings. The third-order valence-corrected chi connectivity index (χ3v) is 4.55. The lowest BCUT2D eigenvalue weighted by molar-refractivity contribution is 0.489. The summed E-state index contributed by atoms with van der Waals surface area (Å²) >= 11 is 8.83. The monoisotopic (exact) mass is 319 g/mol. The smallest absolute Gasteiger partial charge is 0.263 e. The number of fused-ring (bicyclic) bond motifs is 2. The largest absolute Gasteiger partial charge is 0.431 e. The van der Waals surface area contributed by atoms with Crippen molar-refractivity contribution in [1.82, 2.24) is 15.0 Å². The summed E-state index contributed by atoms with van der Waals surface area (Å²) in [7, 11) is 0. The van der Waals surface area contributed by atoms with E-state index in [1.54, 1.807) is 0 Å². The lowest BCUT2D eigenvalue weighted by Gasteiger charge is -1.98. The van der Waals surface area contributed by atoms with Crippen LogP contribution in [0.4, 0.5) is 0 Å². The van der Waals surface area contributed by atoms with Gasteiger partial charge in [0.15, 0.2) is 5.58 Å². The van der Waals surface area contributed by atoms with Gasteiger partial charge < -0.3 is 4.42 Å². The van der Waals surface area contributed by atoms with E-state index in [0.29, 0.717) is 5.22 Å². The summed E-state index contributed by atoms with van der Waals surface area (Å²) in [4.78, 5) is 13.7. The highest BCUT2D eigenvalue weighted by Crippen LogP contribution is 2.35. The Labute approximate surface area is 126 Å². The topological polar surface area (TPSA) is 51.8 Å². The number of benzene rings is 1. The molecule has 0 bridgehead atoms. The standard InChI is InChI=1S/C13H6ClN3OS2/c14-12-16-10-7(5-6-19-10)11(17-12)20-13-15-8-3-1-2-4-9(8)18-13/h1-6H. The fourth-order valence-electron chi connectivity index (χ4n) is 1.86. The second kappa shape index (κ2) is 4.73. The van der Waals surface area contributed by atoms with Gasteiger partial charge in [-0.15, -0.1) is 11.3 Å². The van der Waals surface area contributed by atoms with E-state index in [1.165, 1.54) is 23.1 Å². The third-order valence-electron chi connectivity index (χ3n) is 2.72. The van der Waals surface area contributed by atoms with Crippen LogP contribution >= 0.6 is 34.7 Å². The highest BCUT2D eigenvalue weighted by Gasteiger charge is 2.13. The van der Waals surface area contributed by atoms with E-state index in [4.69, 9.17) is 16.0 Å². The fourth-order valence-corrected chi connectivity index (χ4v) is 3.80. The molecule has 20 heavy (non-hydrogen) atoms. The summed E-state index contributed by atoms with van der Waals surface area (Å²) in [5.74, 6) is 0. The summed E-state index contributed by atoms with van der Waals surface area (Å²) < 4.78 is 5.69. The average Bonchev–Trinajstić information content (AvgIpc) is 3.03. The fraction of sp³-hybridized carbons (Fsp3) is 0. The molecule has 0 aliphatic rings. The number of nitrogens with zero attached hydrogens (tertiary/aromatic N) is 3. The molecule has 4 nitrogen and oxygen atoms in total. The Hall–Kier alpha value is -1.63. The molecule has 0 amide bonds. The maximum Gasteiger partial charge on any atom is 0.263 e. The Balaban J connectivity index is 1.81. The summed E-state index contributed by atoms with van der Waals surface area (Å²) in [6.45, 7) is 0. The van der Waals surface area contributed by atoms with Crippen LogP contribution in [0.25, 0.3) is 21.3 Å². The van der Waals surface area contributed by atoms with Gasteiger partial charge >= 0.3 is 0 Å². The number of thiophene rings is 1. The maximum absolute atomic E-state index is 5.95. The van der Waals surface area contributed by atoms with Gasteiger partial charge in [0.05, 0.1) is 0 Å². The van der Waals surface area contributed by atoms with Gasteiger partial charge in [-0.25, -0.2) is 15.0 Å². The van der Waals surface area contributed by atoms with Crippen molar-refractivity contribution in [1.29, 1.82) is 0 Å². The predicted molar refractivity (Wildman–Crippen MR) is 80.6 cm³/mol. The van der Waals surface area contributed by atoms with Crippen molar-refractivity contribution in [2.24, 2.45) is 0 Å². The molecular formula is C13H6ClN3OS2. The number of oxazole rings is 1. The van der Waals surface area contributed by atoms with Gasteiger partial charge in [0.1, 0.15) is 15.4 Å². The van der Waals surface area contributed by atoms with Crippen LogP contribution in [-0.2, 0) is 0 Å². The van der Waals surface area contributed by atoms with Gasteiger partial charge in [0.2, 0.25) is 5.28 Å². The molecule has 0 spiro atoms. The lowest BCUT2D eigenvalue weighted by atomic mass is 10.3. The van der Waals surface area contributed by atoms with Crippen molar-refractivity contribution in [3.05, 3.63) is 41.0 Å². The first-order valence-corrected chi connectivity index (χ1v) is 7.81. The molecular weight excluding hydrogens is 314 g/mol. The minimum atomic E-state index is 0.235. The van der Waals surface area contributed by atoms with Crippen LogP contribution in [0.3, 0.4) is 0 Å². The van der Waals surface area contributed by atoms with Crippen LogP contribution < -0.4 is 0 Å².